The van der Waals surface area contributed by atoms with Crippen molar-refractivity contribution >= 4 is 38.9 Å². The van der Waals surface area contributed by atoms with Crippen molar-refractivity contribution in [2.24, 2.45) is 0 Å². The molecule has 2 aromatic heterocycles. The van der Waals surface area contributed by atoms with Crippen molar-refractivity contribution in [1.29, 1.82) is 0 Å². The minimum absolute atomic E-state index is 0.0718. The molecular formula is C12H13BrClNOS. The Balaban J connectivity index is 2.34. The van der Waals surface area contributed by atoms with Crippen molar-refractivity contribution in [3.05, 3.63) is 43.4 Å². The highest BCUT2D eigenvalue weighted by atomic mass is 79.9. The Kier molecular flexibility index (Phi) is 4.31. The Morgan fingerprint density at radius 3 is 2.76 bits per heavy atom. The number of furan rings is 1. The van der Waals surface area contributed by atoms with Gasteiger partial charge in [-0.25, -0.2) is 0 Å². The van der Waals surface area contributed by atoms with Gasteiger partial charge in [-0.05, 0) is 59.2 Å². The van der Waals surface area contributed by atoms with Crippen molar-refractivity contribution in [2.75, 3.05) is 6.54 Å². The Bertz CT molecular complexity index is 489. The molecule has 0 saturated carbocycles. The Morgan fingerprint density at radius 1 is 1.53 bits per heavy atom. The van der Waals surface area contributed by atoms with Gasteiger partial charge in [0.05, 0.1) is 0 Å². The van der Waals surface area contributed by atoms with Crippen LogP contribution < -0.4 is 5.32 Å². The van der Waals surface area contributed by atoms with E-state index in [4.69, 9.17) is 16.0 Å². The maximum absolute atomic E-state index is 5.83. The summed E-state index contributed by atoms with van der Waals surface area (Å²) in [6, 6.07) is 5.89. The van der Waals surface area contributed by atoms with E-state index in [1.165, 1.54) is 9.75 Å². The Morgan fingerprint density at radius 2 is 2.29 bits per heavy atom. The third kappa shape index (κ3) is 2.94. The minimum Gasteiger partial charge on any atom is -0.448 e. The van der Waals surface area contributed by atoms with Crippen LogP contribution in [0.25, 0.3) is 0 Å². The standard InChI is InChI=1S/C12H13BrClNOS/c1-3-15-12(9-4-5-11(14)16-9)10-6-8(13)7(2)17-10/h4-6,12,15H,3H2,1-2H3. The molecule has 0 aliphatic carbocycles. The molecule has 0 amide bonds. The van der Waals surface area contributed by atoms with Crippen LogP contribution in [-0.4, -0.2) is 6.54 Å². The summed E-state index contributed by atoms with van der Waals surface area (Å²) < 4.78 is 6.63. The van der Waals surface area contributed by atoms with E-state index in [1.807, 2.05) is 6.07 Å². The van der Waals surface area contributed by atoms with E-state index in [-0.39, 0.29) is 6.04 Å². The number of thiophene rings is 1. The first-order valence-electron chi connectivity index (χ1n) is 5.36. The molecule has 0 radical (unpaired) electrons. The molecule has 0 aliphatic heterocycles. The van der Waals surface area contributed by atoms with Crippen LogP contribution in [0.15, 0.2) is 27.1 Å². The van der Waals surface area contributed by atoms with Crippen LogP contribution in [-0.2, 0) is 0 Å². The van der Waals surface area contributed by atoms with Crippen LogP contribution in [0.1, 0.15) is 28.5 Å². The van der Waals surface area contributed by atoms with E-state index in [2.05, 4.69) is 41.2 Å². The second-order valence-electron chi connectivity index (χ2n) is 3.69. The molecule has 5 heteroatoms. The third-order valence-corrected chi connectivity index (χ3v) is 4.85. The molecule has 0 aromatic carbocycles. The van der Waals surface area contributed by atoms with Gasteiger partial charge < -0.3 is 9.73 Å². The van der Waals surface area contributed by atoms with Gasteiger partial charge in [-0.1, -0.05) is 6.92 Å². The van der Waals surface area contributed by atoms with Crippen LogP contribution >= 0.6 is 38.9 Å². The highest BCUT2D eigenvalue weighted by molar-refractivity contribution is 9.10. The summed E-state index contributed by atoms with van der Waals surface area (Å²) in [5.41, 5.74) is 0. The zero-order valence-corrected chi connectivity index (χ0v) is 12.7. The monoisotopic (exact) mass is 333 g/mol. The molecule has 0 saturated heterocycles. The number of halogens is 2. The van der Waals surface area contributed by atoms with Crippen LogP contribution in [0.4, 0.5) is 0 Å². The summed E-state index contributed by atoms with van der Waals surface area (Å²) in [7, 11) is 0. The van der Waals surface area contributed by atoms with Crippen LogP contribution in [0.3, 0.4) is 0 Å². The molecule has 2 rings (SSSR count). The molecular weight excluding hydrogens is 322 g/mol. The summed E-state index contributed by atoms with van der Waals surface area (Å²) in [6.45, 7) is 5.04. The maximum Gasteiger partial charge on any atom is 0.193 e. The van der Waals surface area contributed by atoms with E-state index in [0.717, 1.165) is 16.8 Å². The minimum atomic E-state index is 0.0718. The molecule has 0 fully saturated rings. The highest BCUT2D eigenvalue weighted by Crippen LogP contribution is 2.34. The number of hydrogen-bond acceptors (Lipinski definition) is 3. The van der Waals surface area contributed by atoms with Gasteiger partial charge in [-0.15, -0.1) is 11.3 Å². The highest BCUT2D eigenvalue weighted by Gasteiger charge is 2.19. The van der Waals surface area contributed by atoms with E-state index < -0.39 is 0 Å². The van der Waals surface area contributed by atoms with Crippen molar-refractivity contribution in [1.82, 2.24) is 5.32 Å². The molecule has 17 heavy (non-hydrogen) atoms. The number of aryl methyl sites for hydroxylation is 1. The average molecular weight is 335 g/mol. The molecule has 2 heterocycles. The van der Waals surface area contributed by atoms with Crippen molar-refractivity contribution in [3.8, 4) is 0 Å². The van der Waals surface area contributed by atoms with Gasteiger partial charge in [0.2, 0.25) is 0 Å². The van der Waals surface area contributed by atoms with Crippen LogP contribution in [0.2, 0.25) is 5.22 Å². The van der Waals surface area contributed by atoms with E-state index >= 15 is 0 Å². The SMILES string of the molecule is CCNC(c1ccc(Cl)o1)c1cc(Br)c(C)s1. The number of rotatable bonds is 4. The first-order chi connectivity index (χ1) is 8.11. The summed E-state index contributed by atoms with van der Waals surface area (Å²) in [5, 5.41) is 3.83. The second-order valence-corrected chi connectivity index (χ2v) is 6.20. The van der Waals surface area contributed by atoms with Gasteiger partial charge in [-0.2, -0.15) is 0 Å². The molecule has 1 unspecified atom stereocenters. The zero-order chi connectivity index (χ0) is 12.4. The van der Waals surface area contributed by atoms with Gasteiger partial charge in [0, 0.05) is 14.2 Å². The predicted molar refractivity (Wildman–Crippen MR) is 76.0 cm³/mol. The molecule has 1 N–H and O–H groups in total. The summed E-state index contributed by atoms with van der Waals surface area (Å²) in [6.07, 6.45) is 0. The van der Waals surface area contributed by atoms with Crippen molar-refractivity contribution in [3.63, 3.8) is 0 Å². The molecule has 0 bridgehead atoms. The second kappa shape index (κ2) is 5.57. The van der Waals surface area contributed by atoms with Crippen molar-refractivity contribution in [2.45, 2.75) is 19.9 Å². The lowest BCUT2D eigenvalue weighted by Crippen LogP contribution is -2.20. The van der Waals surface area contributed by atoms with E-state index in [0.29, 0.717) is 5.22 Å². The molecule has 2 nitrogen and oxygen atoms in total. The summed E-state index contributed by atoms with van der Waals surface area (Å²) in [5.74, 6) is 0.852. The van der Waals surface area contributed by atoms with E-state index in [1.54, 1.807) is 17.4 Å². The molecule has 92 valence electrons. The van der Waals surface area contributed by atoms with Crippen LogP contribution in [0, 0.1) is 6.92 Å². The fraction of sp³-hybridized carbons (Fsp3) is 0.333. The van der Waals surface area contributed by atoms with Gasteiger partial charge in [-0.3, -0.25) is 0 Å². The summed E-state index contributed by atoms with van der Waals surface area (Å²) in [4.78, 5) is 2.49. The molecule has 0 spiro atoms. The fourth-order valence-corrected chi connectivity index (χ4v) is 3.45. The van der Waals surface area contributed by atoms with E-state index in [9.17, 15) is 0 Å². The fourth-order valence-electron chi connectivity index (χ4n) is 1.65. The lowest BCUT2D eigenvalue weighted by Gasteiger charge is -2.13. The van der Waals surface area contributed by atoms with Gasteiger partial charge in [0.15, 0.2) is 5.22 Å². The van der Waals surface area contributed by atoms with Crippen molar-refractivity contribution < 1.29 is 4.42 Å². The first-order valence-corrected chi connectivity index (χ1v) is 7.35. The third-order valence-electron chi connectivity index (χ3n) is 2.45. The maximum atomic E-state index is 5.83. The summed E-state index contributed by atoms with van der Waals surface area (Å²) >= 11 is 11.1. The van der Waals surface area contributed by atoms with Gasteiger partial charge in [0.25, 0.3) is 0 Å². The normalized spacial score (nSPS) is 12.9. The topological polar surface area (TPSA) is 25.2 Å². The number of hydrogen-bond donors (Lipinski definition) is 1. The van der Waals surface area contributed by atoms with Crippen LogP contribution in [0.5, 0.6) is 0 Å². The predicted octanol–water partition coefficient (Wildman–Crippen LogP) is 4.76. The average Bonchev–Trinajstić information content (AvgIpc) is 2.83. The largest absolute Gasteiger partial charge is 0.448 e. The number of nitrogens with one attached hydrogen (secondary N) is 1. The molecule has 1 atom stereocenters. The molecule has 2 aromatic rings. The Labute approximate surface area is 118 Å². The Hall–Kier alpha value is -0.290. The quantitative estimate of drug-likeness (QED) is 0.871. The van der Waals surface area contributed by atoms with Gasteiger partial charge in [0.1, 0.15) is 11.8 Å². The lowest BCUT2D eigenvalue weighted by molar-refractivity contribution is 0.456. The zero-order valence-electron chi connectivity index (χ0n) is 9.59. The molecule has 0 aliphatic rings. The smallest absolute Gasteiger partial charge is 0.193 e. The van der Waals surface area contributed by atoms with Gasteiger partial charge >= 0.3 is 0 Å². The lowest BCUT2D eigenvalue weighted by atomic mass is 10.2. The first kappa shape index (κ1) is 13.1.